The number of nitrogens with zero attached hydrogens (tertiary/aromatic N) is 1. The van der Waals surface area contributed by atoms with Gasteiger partial charge in [-0.3, -0.25) is 0 Å². The molecule has 0 bridgehead atoms. The molecule has 0 aromatic heterocycles. The zero-order valence-corrected chi connectivity index (χ0v) is 11.2. The lowest BCUT2D eigenvalue weighted by atomic mass is 10.1. The van der Waals surface area contributed by atoms with Gasteiger partial charge >= 0.3 is 12.0 Å². The van der Waals surface area contributed by atoms with Gasteiger partial charge in [0.15, 0.2) is 0 Å². The SMILES string of the molecule is Cc1cccc(CNC(=O)N2C[C@H](O)C[C@@H]2C(=O)O)c1. The second kappa shape index (κ2) is 5.92. The number of carbonyl (C=O) groups excluding carboxylic acids is 1. The van der Waals surface area contributed by atoms with Crippen LogP contribution in [0.4, 0.5) is 4.79 Å². The van der Waals surface area contributed by atoms with Gasteiger partial charge in [0.1, 0.15) is 6.04 Å². The molecule has 0 unspecified atom stereocenters. The first-order chi connectivity index (χ1) is 9.47. The highest BCUT2D eigenvalue weighted by Crippen LogP contribution is 2.18. The maximum absolute atomic E-state index is 12.0. The third kappa shape index (κ3) is 3.27. The van der Waals surface area contributed by atoms with Crippen molar-refractivity contribution >= 4 is 12.0 Å². The fraction of sp³-hybridized carbons (Fsp3) is 0.429. The number of carboxylic acids is 1. The number of amides is 2. The van der Waals surface area contributed by atoms with Gasteiger partial charge in [-0.15, -0.1) is 0 Å². The summed E-state index contributed by atoms with van der Waals surface area (Å²) in [4.78, 5) is 24.2. The molecule has 1 aliphatic heterocycles. The van der Waals surface area contributed by atoms with Crippen molar-refractivity contribution in [2.24, 2.45) is 0 Å². The van der Waals surface area contributed by atoms with Crippen LogP contribution in [-0.2, 0) is 11.3 Å². The standard InChI is InChI=1S/C14H18N2O4/c1-9-3-2-4-10(5-9)7-15-14(20)16-8-11(17)6-12(16)13(18)19/h2-5,11-12,17H,6-8H2,1H3,(H,15,20)(H,18,19)/t11-,12-/m1/s1. The van der Waals surface area contributed by atoms with Gasteiger partial charge in [0, 0.05) is 19.5 Å². The predicted octanol–water partition coefficient (Wildman–Crippen LogP) is 0.724. The van der Waals surface area contributed by atoms with Crippen LogP contribution in [0.1, 0.15) is 17.5 Å². The van der Waals surface area contributed by atoms with E-state index in [1.807, 2.05) is 31.2 Å². The van der Waals surface area contributed by atoms with E-state index in [-0.39, 0.29) is 13.0 Å². The van der Waals surface area contributed by atoms with E-state index in [1.165, 1.54) is 4.90 Å². The van der Waals surface area contributed by atoms with E-state index in [0.29, 0.717) is 6.54 Å². The van der Waals surface area contributed by atoms with Crippen LogP contribution in [0.3, 0.4) is 0 Å². The number of hydrogen-bond acceptors (Lipinski definition) is 3. The largest absolute Gasteiger partial charge is 0.480 e. The van der Waals surface area contributed by atoms with Crippen molar-refractivity contribution in [2.75, 3.05) is 6.54 Å². The maximum Gasteiger partial charge on any atom is 0.326 e. The molecule has 6 heteroatoms. The number of carbonyl (C=O) groups is 2. The van der Waals surface area contributed by atoms with Gasteiger partial charge in [-0.1, -0.05) is 29.8 Å². The highest BCUT2D eigenvalue weighted by molar-refractivity contribution is 5.83. The number of aliphatic hydroxyl groups excluding tert-OH is 1. The Morgan fingerprint density at radius 1 is 1.45 bits per heavy atom. The summed E-state index contributed by atoms with van der Waals surface area (Å²) in [5.41, 5.74) is 2.04. The summed E-state index contributed by atoms with van der Waals surface area (Å²) in [6.45, 7) is 2.35. The number of aryl methyl sites for hydroxylation is 1. The first-order valence-electron chi connectivity index (χ1n) is 6.48. The lowest BCUT2D eigenvalue weighted by Gasteiger charge is -2.21. The number of urea groups is 1. The molecule has 1 fully saturated rings. The molecule has 0 saturated carbocycles. The molecule has 1 aromatic carbocycles. The topological polar surface area (TPSA) is 89.9 Å². The molecule has 6 nitrogen and oxygen atoms in total. The second-order valence-corrected chi connectivity index (χ2v) is 5.04. The molecular formula is C14H18N2O4. The van der Waals surface area contributed by atoms with E-state index >= 15 is 0 Å². The Morgan fingerprint density at radius 3 is 2.85 bits per heavy atom. The highest BCUT2D eigenvalue weighted by Gasteiger charge is 2.38. The van der Waals surface area contributed by atoms with Crippen LogP contribution in [0.2, 0.25) is 0 Å². The number of carboxylic acid groups (broad SMARTS) is 1. The van der Waals surface area contributed by atoms with Crippen molar-refractivity contribution in [1.82, 2.24) is 10.2 Å². The van der Waals surface area contributed by atoms with Crippen molar-refractivity contribution in [2.45, 2.75) is 32.0 Å². The lowest BCUT2D eigenvalue weighted by Crippen LogP contribution is -2.45. The summed E-state index contributed by atoms with van der Waals surface area (Å²) in [6.07, 6.45) is -0.700. The van der Waals surface area contributed by atoms with E-state index in [4.69, 9.17) is 5.11 Å². The Labute approximate surface area is 117 Å². The number of rotatable bonds is 3. The van der Waals surface area contributed by atoms with Crippen LogP contribution in [0, 0.1) is 6.92 Å². The molecule has 1 heterocycles. The van der Waals surface area contributed by atoms with Gasteiger partial charge in [-0.2, -0.15) is 0 Å². The summed E-state index contributed by atoms with van der Waals surface area (Å²) < 4.78 is 0. The number of likely N-dealkylation sites (tertiary alicyclic amines) is 1. The molecule has 0 aliphatic carbocycles. The highest BCUT2D eigenvalue weighted by atomic mass is 16.4. The molecule has 1 saturated heterocycles. The summed E-state index contributed by atoms with van der Waals surface area (Å²) >= 11 is 0. The number of hydrogen-bond donors (Lipinski definition) is 3. The van der Waals surface area contributed by atoms with Crippen LogP contribution in [0.5, 0.6) is 0 Å². The summed E-state index contributed by atoms with van der Waals surface area (Å²) in [5, 5.41) is 21.2. The molecule has 2 rings (SSSR count). The average molecular weight is 278 g/mol. The van der Waals surface area contributed by atoms with Gasteiger partial charge in [-0.05, 0) is 12.5 Å². The van der Waals surface area contributed by atoms with E-state index in [1.54, 1.807) is 0 Å². The molecule has 1 aliphatic rings. The minimum atomic E-state index is -1.09. The maximum atomic E-state index is 12.0. The summed E-state index contributed by atoms with van der Waals surface area (Å²) in [7, 11) is 0. The number of aliphatic carboxylic acids is 1. The molecular weight excluding hydrogens is 260 g/mol. The summed E-state index contributed by atoms with van der Waals surface area (Å²) in [5.74, 6) is -1.09. The quantitative estimate of drug-likeness (QED) is 0.760. The van der Waals surface area contributed by atoms with Crippen molar-refractivity contribution < 1.29 is 19.8 Å². The second-order valence-electron chi connectivity index (χ2n) is 5.04. The Bertz CT molecular complexity index is 518. The van der Waals surface area contributed by atoms with Crippen LogP contribution in [0.15, 0.2) is 24.3 Å². The van der Waals surface area contributed by atoms with Crippen molar-refractivity contribution in [3.8, 4) is 0 Å². The molecule has 2 atom stereocenters. The molecule has 108 valence electrons. The fourth-order valence-electron chi connectivity index (χ4n) is 2.37. The van der Waals surface area contributed by atoms with Gasteiger partial charge in [0.05, 0.1) is 6.10 Å². The monoisotopic (exact) mass is 278 g/mol. The minimum Gasteiger partial charge on any atom is -0.480 e. The van der Waals surface area contributed by atoms with E-state index < -0.39 is 24.1 Å². The third-order valence-electron chi connectivity index (χ3n) is 3.35. The number of nitrogens with one attached hydrogen (secondary N) is 1. The van der Waals surface area contributed by atoms with Crippen molar-refractivity contribution in [3.63, 3.8) is 0 Å². The van der Waals surface area contributed by atoms with Crippen molar-refractivity contribution in [1.29, 1.82) is 0 Å². The van der Waals surface area contributed by atoms with Crippen LogP contribution < -0.4 is 5.32 Å². The first-order valence-corrected chi connectivity index (χ1v) is 6.48. The molecule has 1 aromatic rings. The minimum absolute atomic E-state index is 0.0522. The van der Waals surface area contributed by atoms with Crippen LogP contribution >= 0.6 is 0 Å². The number of aliphatic hydroxyl groups is 1. The Morgan fingerprint density at radius 2 is 2.20 bits per heavy atom. The Kier molecular flexibility index (Phi) is 4.24. The van der Waals surface area contributed by atoms with E-state index in [0.717, 1.165) is 11.1 Å². The van der Waals surface area contributed by atoms with Crippen LogP contribution in [0.25, 0.3) is 0 Å². The zero-order chi connectivity index (χ0) is 14.7. The predicted molar refractivity (Wildman–Crippen MR) is 72.2 cm³/mol. The molecule has 0 spiro atoms. The zero-order valence-electron chi connectivity index (χ0n) is 11.2. The van der Waals surface area contributed by atoms with E-state index in [9.17, 15) is 14.7 Å². The smallest absolute Gasteiger partial charge is 0.326 e. The molecule has 0 radical (unpaired) electrons. The van der Waals surface area contributed by atoms with Gasteiger partial charge in [-0.25, -0.2) is 9.59 Å². The number of β-amino-alcohol motifs (C(OH)–C–C–N with tert-alkyl or cyclic N) is 1. The van der Waals surface area contributed by atoms with Crippen LogP contribution in [-0.4, -0.2) is 45.8 Å². The first kappa shape index (κ1) is 14.3. The Hall–Kier alpha value is -2.08. The third-order valence-corrected chi connectivity index (χ3v) is 3.35. The number of benzene rings is 1. The molecule has 3 N–H and O–H groups in total. The molecule has 2 amide bonds. The van der Waals surface area contributed by atoms with Gasteiger partial charge in [0.25, 0.3) is 0 Å². The Balaban J connectivity index is 1.96. The van der Waals surface area contributed by atoms with Crippen molar-refractivity contribution in [3.05, 3.63) is 35.4 Å². The fourth-order valence-corrected chi connectivity index (χ4v) is 2.37. The normalized spacial score (nSPS) is 21.8. The van der Waals surface area contributed by atoms with Gasteiger partial charge < -0.3 is 20.4 Å². The van der Waals surface area contributed by atoms with Gasteiger partial charge in [0.2, 0.25) is 0 Å². The molecule has 20 heavy (non-hydrogen) atoms. The average Bonchev–Trinajstić information content (AvgIpc) is 2.78. The van der Waals surface area contributed by atoms with E-state index in [2.05, 4.69) is 5.32 Å². The summed E-state index contributed by atoms with van der Waals surface area (Å²) in [6, 6.07) is 6.28. The lowest BCUT2D eigenvalue weighted by molar-refractivity contribution is -0.141.